The van der Waals surface area contributed by atoms with Gasteiger partial charge in [0.15, 0.2) is 5.96 Å². The minimum Gasteiger partial charge on any atom is -0.377 e. The van der Waals surface area contributed by atoms with E-state index >= 15 is 0 Å². The summed E-state index contributed by atoms with van der Waals surface area (Å²) in [6.45, 7) is 5.35. The molecule has 3 fully saturated rings. The molecule has 1 aliphatic heterocycles. The molecule has 4 unspecified atom stereocenters. The molecular weight excluding hydrogens is 365 g/mol. The molecule has 1 saturated heterocycles. The van der Waals surface area contributed by atoms with Crippen molar-refractivity contribution in [3.05, 3.63) is 0 Å². The van der Waals surface area contributed by atoms with E-state index in [0.717, 1.165) is 19.0 Å². The van der Waals surface area contributed by atoms with Crippen molar-refractivity contribution in [1.29, 1.82) is 0 Å². The Kier molecular flexibility index (Phi) is 5.21. The molecular formula is C15H28IN3O. The summed E-state index contributed by atoms with van der Waals surface area (Å²) in [5, 5.41) is 7.17. The number of hydrogen-bond acceptors (Lipinski definition) is 2. The normalized spacial score (nSPS) is 35.4. The number of hydrogen-bond donors (Lipinski definition) is 2. The van der Waals surface area contributed by atoms with Crippen LogP contribution in [-0.4, -0.2) is 37.8 Å². The summed E-state index contributed by atoms with van der Waals surface area (Å²) in [5.74, 6) is 1.67. The molecule has 1 heterocycles. The van der Waals surface area contributed by atoms with Gasteiger partial charge in [-0.05, 0) is 32.6 Å². The van der Waals surface area contributed by atoms with E-state index in [2.05, 4.69) is 29.5 Å². The fourth-order valence-electron chi connectivity index (χ4n) is 4.11. The first-order chi connectivity index (χ1) is 9.21. The first-order valence-corrected chi connectivity index (χ1v) is 7.82. The second-order valence-electron chi connectivity index (χ2n) is 6.48. The van der Waals surface area contributed by atoms with E-state index in [0.29, 0.717) is 29.5 Å². The zero-order valence-corrected chi connectivity index (χ0v) is 15.1. The van der Waals surface area contributed by atoms with Crippen molar-refractivity contribution in [1.82, 2.24) is 10.6 Å². The monoisotopic (exact) mass is 393 g/mol. The first-order valence-electron chi connectivity index (χ1n) is 7.82. The van der Waals surface area contributed by atoms with E-state index in [-0.39, 0.29) is 24.0 Å². The second-order valence-corrected chi connectivity index (χ2v) is 6.48. The predicted molar refractivity (Wildman–Crippen MR) is 92.7 cm³/mol. The zero-order chi connectivity index (χ0) is 13.5. The smallest absolute Gasteiger partial charge is 0.191 e. The molecule has 4 atom stereocenters. The van der Waals surface area contributed by atoms with Crippen LogP contribution in [0.4, 0.5) is 0 Å². The van der Waals surface area contributed by atoms with Gasteiger partial charge in [0, 0.05) is 37.1 Å². The molecule has 0 aromatic rings. The fourth-order valence-corrected chi connectivity index (χ4v) is 4.11. The molecule has 0 bridgehead atoms. The number of fused-ring (bicyclic) bond motifs is 2. The maximum Gasteiger partial charge on any atom is 0.191 e. The van der Waals surface area contributed by atoms with Crippen LogP contribution in [0.3, 0.4) is 0 Å². The minimum absolute atomic E-state index is 0. The van der Waals surface area contributed by atoms with Crippen molar-refractivity contribution in [2.24, 2.45) is 16.3 Å². The standard InChI is InChI=1S/C15H27N3O.HI/c1-4-10(2)17-14(16-3)18-12-11-6-9-19-13(11)15(12)7-5-8-15;/h10-13H,4-9H2,1-3H3,(H2,16,17,18);1H. The zero-order valence-electron chi connectivity index (χ0n) is 12.8. The van der Waals surface area contributed by atoms with Gasteiger partial charge in [-0.3, -0.25) is 4.99 Å². The fraction of sp³-hybridized carbons (Fsp3) is 0.933. The maximum absolute atomic E-state index is 5.96. The third kappa shape index (κ3) is 2.45. The van der Waals surface area contributed by atoms with Crippen LogP contribution in [0, 0.1) is 11.3 Å². The summed E-state index contributed by atoms with van der Waals surface area (Å²) < 4.78 is 5.96. The molecule has 3 rings (SSSR count). The van der Waals surface area contributed by atoms with Gasteiger partial charge in [0.05, 0.1) is 6.10 Å². The lowest BCUT2D eigenvalue weighted by molar-refractivity contribution is -0.171. The van der Waals surface area contributed by atoms with Crippen LogP contribution in [0.5, 0.6) is 0 Å². The average molecular weight is 393 g/mol. The van der Waals surface area contributed by atoms with Crippen molar-refractivity contribution in [2.45, 2.75) is 64.1 Å². The number of nitrogens with one attached hydrogen (secondary N) is 2. The molecule has 0 aromatic heterocycles. The van der Waals surface area contributed by atoms with Crippen molar-refractivity contribution in [3.8, 4) is 0 Å². The van der Waals surface area contributed by atoms with Crippen molar-refractivity contribution >= 4 is 29.9 Å². The molecule has 2 N–H and O–H groups in total. The van der Waals surface area contributed by atoms with Crippen LogP contribution < -0.4 is 10.6 Å². The Hall–Kier alpha value is -0.0400. The number of rotatable bonds is 3. The number of aliphatic imine (C=N–C) groups is 1. The van der Waals surface area contributed by atoms with E-state index in [9.17, 15) is 0 Å². The highest BCUT2D eigenvalue weighted by Crippen LogP contribution is 2.62. The third-order valence-electron chi connectivity index (χ3n) is 5.55. The third-order valence-corrected chi connectivity index (χ3v) is 5.55. The van der Waals surface area contributed by atoms with Gasteiger partial charge in [0.2, 0.25) is 0 Å². The van der Waals surface area contributed by atoms with Crippen molar-refractivity contribution < 1.29 is 4.74 Å². The molecule has 2 saturated carbocycles. The van der Waals surface area contributed by atoms with Gasteiger partial charge in [-0.1, -0.05) is 13.3 Å². The minimum atomic E-state index is 0. The van der Waals surface area contributed by atoms with Gasteiger partial charge in [0.1, 0.15) is 0 Å². The molecule has 0 radical (unpaired) electrons. The van der Waals surface area contributed by atoms with Crippen LogP contribution in [-0.2, 0) is 4.74 Å². The largest absolute Gasteiger partial charge is 0.377 e. The average Bonchev–Trinajstić information content (AvgIpc) is 2.77. The summed E-state index contributed by atoms with van der Waals surface area (Å²) in [6, 6.07) is 1.04. The maximum atomic E-state index is 5.96. The number of halogens is 1. The Morgan fingerprint density at radius 1 is 1.45 bits per heavy atom. The molecule has 2 aliphatic carbocycles. The highest BCUT2D eigenvalue weighted by Gasteiger charge is 2.66. The summed E-state index contributed by atoms with van der Waals surface area (Å²) in [5.41, 5.74) is 0.425. The van der Waals surface area contributed by atoms with E-state index in [4.69, 9.17) is 4.74 Å². The molecule has 0 amide bonds. The van der Waals surface area contributed by atoms with Gasteiger partial charge in [-0.15, -0.1) is 24.0 Å². The summed E-state index contributed by atoms with van der Waals surface area (Å²) in [7, 11) is 1.87. The van der Waals surface area contributed by atoms with Crippen LogP contribution in [0.1, 0.15) is 46.0 Å². The number of ether oxygens (including phenoxy) is 1. The Morgan fingerprint density at radius 2 is 2.20 bits per heavy atom. The van der Waals surface area contributed by atoms with Crippen molar-refractivity contribution in [3.63, 3.8) is 0 Å². The molecule has 116 valence electrons. The van der Waals surface area contributed by atoms with Crippen LogP contribution in [0.2, 0.25) is 0 Å². The Morgan fingerprint density at radius 3 is 2.75 bits per heavy atom. The Bertz CT molecular complexity index is 370. The van der Waals surface area contributed by atoms with E-state index in [1.54, 1.807) is 0 Å². The Balaban J connectivity index is 0.00000147. The summed E-state index contributed by atoms with van der Waals surface area (Å²) in [4.78, 5) is 4.39. The van der Waals surface area contributed by atoms with Gasteiger partial charge in [-0.25, -0.2) is 0 Å². The highest BCUT2D eigenvalue weighted by molar-refractivity contribution is 14.0. The molecule has 3 aliphatic rings. The molecule has 1 spiro atoms. The second kappa shape index (κ2) is 6.38. The molecule has 4 nitrogen and oxygen atoms in total. The van der Waals surface area contributed by atoms with E-state index in [1.165, 1.54) is 25.7 Å². The topological polar surface area (TPSA) is 45.7 Å². The van der Waals surface area contributed by atoms with E-state index in [1.807, 2.05) is 7.05 Å². The van der Waals surface area contributed by atoms with Gasteiger partial charge in [-0.2, -0.15) is 0 Å². The van der Waals surface area contributed by atoms with Gasteiger partial charge in [0.25, 0.3) is 0 Å². The van der Waals surface area contributed by atoms with E-state index < -0.39 is 0 Å². The summed E-state index contributed by atoms with van der Waals surface area (Å²) in [6.07, 6.45) is 6.87. The van der Waals surface area contributed by atoms with Crippen molar-refractivity contribution in [2.75, 3.05) is 13.7 Å². The lowest BCUT2D eigenvalue weighted by Gasteiger charge is -2.63. The molecule has 20 heavy (non-hydrogen) atoms. The predicted octanol–water partition coefficient (Wildman–Crippen LogP) is 2.53. The SMILES string of the molecule is CCC(C)NC(=NC)NC1C2CCOC2C12CCC2.I. The highest BCUT2D eigenvalue weighted by atomic mass is 127. The molecule has 5 heteroatoms. The van der Waals surface area contributed by atoms with Crippen LogP contribution >= 0.6 is 24.0 Å². The summed E-state index contributed by atoms with van der Waals surface area (Å²) >= 11 is 0. The number of guanidine groups is 1. The van der Waals surface area contributed by atoms with Crippen LogP contribution in [0.15, 0.2) is 4.99 Å². The first kappa shape index (κ1) is 16.3. The van der Waals surface area contributed by atoms with Gasteiger partial charge >= 0.3 is 0 Å². The lowest BCUT2D eigenvalue weighted by atomic mass is 9.46. The van der Waals surface area contributed by atoms with Crippen LogP contribution in [0.25, 0.3) is 0 Å². The Labute approximate surface area is 139 Å². The molecule has 0 aromatic carbocycles. The lowest BCUT2D eigenvalue weighted by Crippen LogP contribution is -2.72. The number of nitrogens with zero attached hydrogens (tertiary/aromatic N) is 1. The quantitative estimate of drug-likeness (QED) is 0.440. The van der Waals surface area contributed by atoms with Gasteiger partial charge < -0.3 is 15.4 Å².